The maximum atomic E-state index is 3.64. The molecule has 0 unspecified atom stereocenters. The molecule has 0 amide bonds. The number of para-hydroxylation sites is 1. The van der Waals surface area contributed by atoms with Gasteiger partial charge in [0.25, 0.3) is 0 Å². The van der Waals surface area contributed by atoms with Crippen molar-refractivity contribution < 1.29 is 0 Å². The van der Waals surface area contributed by atoms with Crippen molar-refractivity contribution in [1.29, 1.82) is 0 Å². The van der Waals surface area contributed by atoms with Gasteiger partial charge in [0.1, 0.15) is 0 Å². The molecule has 2 heteroatoms. The van der Waals surface area contributed by atoms with Crippen LogP contribution in [0.4, 0.5) is 11.4 Å². The summed E-state index contributed by atoms with van der Waals surface area (Å²) in [7, 11) is 0. The SMILES string of the molecule is C1=Cc2ccc3sc4cc(Nc5ccccc5)c5ccccc5c4c3c2CC1.C=C/C(C)=C\C=C/C. The van der Waals surface area contributed by atoms with E-state index in [4.69, 9.17) is 0 Å². The number of anilines is 2. The third-order valence-electron chi connectivity index (χ3n) is 6.57. The lowest BCUT2D eigenvalue weighted by molar-refractivity contribution is 0.999. The van der Waals surface area contributed by atoms with Crippen molar-refractivity contribution >= 4 is 59.7 Å². The molecule has 0 radical (unpaired) electrons. The highest BCUT2D eigenvalue weighted by molar-refractivity contribution is 7.26. The van der Waals surface area contributed by atoms with Gasteiger partial charge in [-0.25, -0.2) is 0 Å². The zero-order valence-electron chi connectivity index (χ0n) is 20.9. The number of benzene rings is 4. The first-order valence-electron chi connectivity index (χ1n) is 12.5. The number of thiophene rings is 1. The fourth-order valence-corrected chi connectivity index (χ4v) is 5.96. The fraction of sp³-hybridized carbons (Fsp3) is 0.118. The van der Waals surface area contributed by atoms with Crippen LogP contribution in [0.15, 0.2) is 115 Å². The molecule has 1 nitrogen and oxygen atoms in total. The van der Waals surface area contributed by atoms with Crippen LogP contribution in [0.25, 0.3) is 37.0 Å². The van der Waals surface area contributed by atoms with Gasteiger partial charge in [0, 0.05) is 36.9 Å². The van der Waals surface area contributed by atoms with E-state index in [1.807, 2.05) is 49.5 Å². The Kier molecular flexibility index (Phi) is 7.16. The molecule has 5 aromatic rings. The molecule has 1 aromatic heterocycles. The van der Waals surface area contributed by atoms with Crippen LogP contribution in [-0.2, 0) is 6.42 Å². The minimum Gasteiger partial charge on any atom is -0.355 e. The van der Waals surface area contributed by atoms with E-state index in [2.05, 4.69) is 96.8 Å². The zero-order valence-corrected chi connectivity index (χ0v) is 21.7. The summed E-state index contributed by atoms with van der Waals surface area (Å²) in [5.41, 5.74) is 6.39. The number of nitrogens with one attached hydrogen (secondary N) is 1. The summed E-state index contributed by atoms with van der Waals surface area (Å²) in [5, 5.41) is 9.14. The van der Waals surface area contributed by atoms with Crippen LogP contribution in [-0.4, -0.2) is 0 Å². The Morgan fingerprint density at radius 1 is 0.917 bits per heavy atom. The van der Waals surface area contributed by atoms with Crippen LogP contribution in [0.2, 0.25) is 0 Å². The molecule has 4 aromatic carbocycles. The fourth-order valence-electron chi connectivity index (χ4n) is 4.77. The maximum Gasteiger partial charge on any atom is 0.0478 e. The Bertz CT molecular complexity index is 1630. The molecule has 0 atom stereocenters. The van der Waals surface area contributed by atoms with E-state index in [0.29, 0.717) is 0 Å². The number of aryl methyl sites for hydroxylation is 1. The van der Waals surface area contributed by atoms with Gasteiger partial charge in [0.2, 0.25) is 0 Å². The Morgan fingerprint density at radius 3 is 2.47 bits per heavy atom. The molecule has 0 saturated heterocycles. The summed E-state index contributed by atoms with van der Waals surface area (Å²) in [5.74, 6) is 0. The lowest BCUT2D eigenvalue weighted by Crippen LogP contribution is -1.95. The number of fused-ring (bicyclic) bond motifs is 7. The third-order valence-corrected chi connectivity index (χ3v) is 7.68. The first-order chi connectivity index (χ1) is 17.7. The first-order valence-corrected chi connectivity index (χ1v) is 13.3. The van der Waals surface area contributed by atoms with E-state index < -0.39 is 0 Å². The molecule has 6 rings (SSSR count). The normalized spacial score (nSPS) is 13.1. The minimum absolute atomic E-state index is 1.12. The highest BCUT2D eigenvalue weighted by Gasteiger charge is 2.17. The van der Waals surface area contributed by atoms with E-state index in [1.54, 1.807) is 0 Å². The second-order valence-electron chi connectivity index (χ2n) is 9.02. The summed E-state index contributed by atoms with van der Waals surface area (Å²) in [6.07, 6.45) is 14.7. The van der Waals surface area contributed by atoms with Crippen molar-refractivity contribution in [2.45, 2.75) is 26.7 Å². The van der Waals surface area contributed by atoms with Gasteiger partial charge in [-0.05, 0) is 67.5 Å². The lowest BCUT2D eigenvalue weighted by atomic mass is 9.91. The smallest absolute Gasteiger partial charge is 0.0478 e. The molecule has 1 aliphatic rings. The van der Waals surface area contributed by atoms with Crippen LogP contribution < -0.4 is 5.32 Å². The summed E-state index contributed by atoms with van der Waals surface area (Å²) in [6.45, 7) is 7.63. The Labute approximate surface area is 217 Å². The number of rotatable bonds is 4. The molecule has 1 N–H and O–H groups in total. The Balaban J connectivity index is 0.000000292. The molecule has 36 heavy (non-hydrogen) atoms. The van der Waals surface area contributed by atoms with Crippen LogP contribution in [0.5, 0.6) is 0 Å². The van der Waals surface area contributed by atoms with E-state index in [0.717, 1.165) is 18.5 Å². The molecule has 1 aliphatic carbocycles. The second-order valence-corrected chi connectivity index (χ2v) is 10.1. The lowest BCUT2D eigenvalue weighted by Gasteiger charge is -2.14. The highest BCUT2D eigenvalue weighted by Crippen LogP contribution is 2.45. The van der Waals surface area contributed by atoms with Crippen molar-refractivity contribution in [3.05, 3.63) is 126 Å². The van der Waals surface area contributed by atoms with Crippen molar-refractivity contribution in [2.24, 2.45) is 0 Å². The van der Waals surface area contributed by atoms with Crippen molar-refractivity contribution in [3.63, 3.8) is 0 Å². The Hall–Kier alpha value is -3.88. The zero-order chi connectivity index (χ0) is 24.9. The summed E-state index contributed by atoms with van der Waals surface area (Å²) in [6, 6.07) is 26.2. The van der Waals surface area contributed by atoms with Gasteiger partial charge in [0.05, 0.1) is 0 Å². The van der Waals surface area contributed by atoms with Crippen LogP contribution in [0.1, 0.15) is 31.4 Å². The quantitative estimate of drug-likeness (QED) is 0.250. The molecule has 0 bridgehead atoms. The van der Waals surface area contributed by atoms with Crippen molar-refractivity contribution in [2.75, 3.05) is 5.32 Å². The van der Waals surface area contributed by atoms with Crippen molar-refractivity contribution in [1.82, 2.24) is 0 Å². The van der Waals surface area contributed by atoms with Gasteiger partial charge in [0.15, 0.2) is 0 Å². The third kappa shape index (κ3) is 4.78. The summed E-state index contributed by atoms with van der Waals surface area (Å²) >= 11 is 1.91. The van der Waals surface area contributed by atoms with E-state index >= 15 is 0 Å². The molecule has 0 saturated carbocycles. The molecule has 0 spiro atoms. The average molecular weight is 486 g/mol. The molecular formula is C34H31NS. The highest BCUT2D eigenvalue weighted by atomic mass is 32.1. The predicted molar refractivity (Wildman–Crippen MR) is 163 cm³/mol. The monoisotopic (exact) mass is 485 g/mol. The number of hydrogen-bond donors (Lipinski definition) is 1. The van der Waals surface area contributed by atoms with Gasteiger partial charge in [-0.1, -0.05) is 97.1 Å². The molecule has 178 valence electrons. The van der Waals surface area contributed by atoms with Gasteiger partial charge in [-0.2, -0.15) is 0 Å². The van der Waals surface area contributed by atoms with Crippen LogP contribution >= 0.6 is 11.3 Å². The Morgan fingerprint density at radius 2 is 1.69 bits per heavy atom. The largest absolute Gasteiger partial charge is 0.355 e. The maximum absolute atomic E-state index is 3.64. The van der Waals surface area contributed by atoms with Gasteiger partial charge < -0.3 is 5.32 Å². The van der Waals surface area contributed by atoms with Crippen molar-refractivity contribution in [3.8, 4) is 0 Å². The van der Waals surface area contributed by atoms with Gasteiger partial charge >= 0.3 is 0 Å². The van der Waals surface area contributed by atoms with Crippen LogP contribution in [0.3, 0.4) is 0 Å². The molecule has 1 heterocycles. The molecule has 0 aliphatic heterocycles. The summed E-state index contributed by atoms with van der Waals surface area (Å²) < 4.78 is 2.75. The summed E-state index contributed by atoms with van der Waals surface area (Å²) in [4.78, 5) is 0. The minimum atomic E-state index is 1.12. The predicted octanol–water partition coefficient (Wildman–Crippen LogP) is 10.6. The second kappa shape index (κ2) is 10.8. The van der Waals surface area contributed by atoms with E-state index in [1.165, 1.54) is 53.3 Å². The van der Waals surface area contributed by atoms with E-state index in [9.17, 15) is 0 Å². The number of hydrogen-bond acceptors (Lipinski definition) is 2. The molecular weight excluding hydrogens is 454 g/mol. The standard InChI is InChI=1S/C26H19NS.C8H12/c1-2-9-18(10-3-1)27-22-16-24-26(21-13-7-6-12-20(21)22)25-19-11-5-4-8-17(19)14-15-23(25)28-24;1-4-6-7-8(3)5-2/h1-4,6-10,12-16,27H,5,11H2;4-7H,2H2,1,3H3/b;6-4-,8-7-. The van der Waals surface area contributed by atoms with E-state index in [-0.39, 0.29) is 0 Å². The first kappa shape index (κ1) is 23.8. The number of allylic oxidation sites excluding steroid dienone is 6. The topological polar surface area (TPSA) is 12.0 Å². The van der Waals surface area contributed by atoms with Crippen LogP contribution in [0, 0.1) is 0 Å². The average Bonchev–Trinajstić information content (AvgIpc) is 3.32. The van der Waals surface area contributed by atoms with Gasteiger partial charge in [-0.3, -0.25) is 0 Å². The van der Waals surface area contributed by atoms with Gasteiger partial charge in [-0.15, -0.1) is 11.3 Å². The molecule has 0 fully saturated rings.